The molecule has 5 nitrogen and oxygen atoms in total. The zero-order chi connectivity index (χ0) is 20.9. The van der Waals surface area contributed by atoms with Crippen molar-refractivity contribution in [3.63, 3.8) is 0 Å². The van der Waals surface area contributed by atoms with Gasteiger partial charge in [0.1, 0.15) is 0 Å². The zero-order valence-electron chi connectivity index (χ0n) is 16.4. The number of amides is 1. The van der Waals surface area contributed by atoms with Crippen molar-refractivity contribution in [2.45, 2.75) is 31.1 Å². The Hall–Kier alpha value is -0.991. The predicted octanol–water partition coefficient (Wildman–Crippen LogP) is 3.98. The monoisotopic (exact) mass is 508 g/mol. The van der Waals surface area contributed by atoms with E-state index in [1.54, 1.807) is 36.6 Å². The SMILES string of the molecule is CCC[B]N.CNc1ccc2c(c1)CN(c1ccc(SF)cc1)C2=O.O=C[S-].[Y]. The van der Waals surface area contributed by atoms with E-state index in [1.165, 1.54) is 0 Å². The van der Waals surface area contributed by atoms with E-state index in [1.807, 2.05) is 25.2 Å². The number of hydrogen-bond donors (Lipinski definition) is 2. The van der Waals surface area contributed by atoms with Crippen molar-refractivity contribution in [2.24, 2.45) is 5.64 Å². The molecule has 0 atom stereocenters. The van der Waals surface area contributed by atoms with Crippen LogP contribution in [0.25, 0.3) is 0 Å². The van der Waals surface area contributed by atoms with E-state index in [-0.39, 0.29) is 50.8 Å². The van der Waals surface area contributed by atoms with Crippen molar-refractivity contribution in [3.8, 4) is 0 Å². The van der Waals surface area contributed by atoms with E-state index >= 15 is 0 Å². The largest absolute Gasteiger partial charge is 0.746 e. The molecule has 152 valence electrons. The van der Waals surface area contributed by atoms with E-state index in [2.05, 4.69) is 24.9 Å². The van der Waals surface area contributed by atoms with Crippen LogP contribution in [0.1, 0.15) is 29.3 Å². The van der Waals surface area contributed by atoms with Crippen LogP contribution < -0.4 is 15.9 Å². The molecule has 1 aliphatic rings. The number of nitrogens with one attached hydrogen (secondary N) is 1. The number of carbonyl (C=O) groups excluding carboxylic acids is 2. The molecule has 0 aliphatic carbocycles. The summed E-state index contributed by atoms with van der Waals surface area (Å²) in [6.07, 6.45) is 2.20. The van der Waals surface area contributed by atoms with E-state index in [0.29, 0.717) is 17.1 Å². The normalized spacial score (nSPS) is 11.0. The summed E-state index contributed by atoms with van der Waals surface area (Å²) >= 11 is 3.91. The number of carbonyl (C=O) groups is 2. The maximum Gasteiger partial charge on any atom is 0.258 e. The Morgan fingerprint density at radius 1 is 1.31 bits per heavy atom. The van der Waals surface area contributed by atoms with Crippen LogP contribution >= 0.6 is 12.1 Å². The van der Waals surface area contributed by atoms with Gasteiger partial charge in [-0.3, -0.25) is 4.79 Å². The second-order valence-electron chi connectivity index (χ2n) is 5.70. The van der Waals surface area contributed by atoms with Gasteiger partial charge in [-0.2, -0.15) is 3.89 Å². The molecule has 0 spiro atoms. The number of rotatable bonds is 5. The van der Waals surface area contributed by atoms with E-state index in [0.717, 1.165) is 35.2 Å². The first-order chi connectivity index (χ1) is 13.6. The van der Waals surface area contributed by atoms with Gasteiger partial charge in [0.2, 0.25) is 7.41 Å². The molecule has 1 aliphatic heterocycles. The summed E-state index contributed by atoms with van der Waals surface area (Å²) in [5.41, 5.74) is 8.86. The third kappa shape index (κ3) is 8.72. The fourth-order valence-corrected chi connectivity index (χ4v) is 2.77. The van der Waals surface area contributed by atoms with Gasteiger partial charge in [0.05, 0.1) is 18.7 Å². The Bertz CT molecular complexity index is 768. The predicted molar refractivity (Wildman–Crippen MR) is 119 cm³/mol. The number of nitrogens with zero attached hydrogens (tertiary/aromatic N) is 1. The summed E-state index contributed by atoms with van der Waals surface area (Å²) in [6.45, 7) is 2.65. The second kappa shape index (κ2) is 15.8. The molecule has 0 saturated heterocycles. The first-order valence-electron chi connectivity index (χ1n) is 8.66. The molecule has 3 N–H and O–H groups in total. The van der Waals surface area contributed by atoms with Crippen LogP contribution in [-0.2, 0) is 56.7 Å². The maximum absolute atomic E-state index is 12.4. The van der Waals surface area contributed by atoms with Crippen molar-refractivity contribution < 1.29 is 46.2 Å². The number of benzene rings is 2. The van der Waals surface area contributed by atoms with Gasteiger partial charge >= 0.3 is 0 Å². The molecule has 2 radical (unpaired) electrons. The van der Waals surface area contributed by atoms with Gasteiger partial charge in [0.15, 0.2) is 0 Å². The van der Waals surface area contributed by atoms with Crippen molar-refractivity contribution >= 4 is 55.1 Å². The van der Waals surface area contributed by atoms with Crippen molar-refractivity contribution in [1.29, 1.82) is 0 Å². The van der Waals surface area contributed by atoms with Crippen molar-refractivity contribution in [2.75, 3.05) is 17.3 Å². The number of halogens is 1. The molecule has 0 aromatic heterocycles. The fraction of sp³-hybridized carbons (Fsp3) is 0.263. The number of anilines is 2. The summed E-state index contributed by atoms with van der Waals surface area (Å²) in [4.78, 5) is 23.2. The molecule has 29 heavy (non-hydrogen) atoms. The summed E-state index contributed by atoms with van der Waals surface area (Å²) in [6, 6.07) is 12.6. The third-order valence-corrected chi connectivity index (χ3v) is 4.34. The van der Waals surface area contributed by atoms with Gasteiger partial charge in [-0.05, 0) is 53.6 Å². The van der Waals surface area contributed by atoms with Crippen LogP contribution in [0.4, 0.5) is 15.3 Å². The third-order valence-electron chi connectivity index (χ3n) is 3.89. The van der Waals surface area contributed by atoms with Gasteiger partial charge in [-0.25, -0.2) is 0 Å². The summed E-state index contributed by atoms with van der Waals surface area (Å²) in [5.74, 6) is -0.0108. The standard InChI is InChI=1S/C15H13FN2OS.C3H9BN.CH2OS.Y/c1-17-11-2-7-14-10(8-11)9-18(15(14)19)12-3-5-13(20-16)6-4-12;1-2-3-4-5;2-1-3;/h2-8,17H,9H2,1H3;2-3,5H2,1H3;1H,(H,2,3);/p-1. The fourth-order valence-electron chi connectivity index (χ4n) is 2.53. The van der Waals surface area contributed by atoms with E-state index in [4.69, 9.17) is 10.4 Å². The Balaban J connectivity index is 0.000000753. The topological polar surface area (TPSA) is 75.4 Å². The van der Waals surface area contributed by atoms with Crippen molar-refractivity contribution in [3.05, 3.63) is 53.6 Å². The minimum Gasteiger partial charge on any atom is -0.746 e. The van der Waals surface area contributed by atoms with Crippen LogP contribution in [0, 0.1) is 0 Å². The van der Waals surface area contributed by atoms with Crippen molar-refractivity contribution in [1.82, 2.24) is 0 Å². The number of fused-ring (bicyclic) bond motifs is 1. The van der Waals surface area contributed by atoms with Crippen LogP contribution in [0.15, 0.2) is 47.4 Å². The minimum atomic E-state index is -0.0108. The molecule has 1 heterocycles. The van der Waals surface area contributed by atoms with E-state index in [9.17, 15) is 8.68 Å². The minimum absolute atomic E-state index is 0. The van der Waals surface area contributed by atoms with Crippen LogP contribution in [-0.4, -0.2) is 26.0 Å². The van der Waals surface area contributed by atoms with Gasteiger partial charge in [-0.1, -0.05) is 19.7 Å². The van der Waals surface area contributed by atoms with Gasteiger partial charge < -0.3 is 33.3 Å². The Labute approximate surface area is 207 Å². The molecule has 1 amide bonds. The number of hydrogen-bond acceptors (Lipinski definition) is 6. The molecule has 10 heteroatoms. The maximum atomic E-state index is 12.4. The van der Waals surface area contributed by atoms with Gasteiger partial charge in [-0.15, -0.1) is 0 Å². The Morgan fingerprint density at radius 2 is 1.93 bits per heavy atom. The Kier molecular flexibility index (Phi) is 15.3. The summed E-state index contributed by atoms with van der Waals surface area (Å²) < 4.78 is 12.4. The van der Waals surface area contributed by atoms with Gasteiger partial charge in [0.25, 0.3) is 5.91 Å². The first kappa shape index (κ1) is 28.0. The molecule has 0 bridgehead atoms. The molecule has 2 aromatic rings. The first-order valence-corrected chi connectivity index (χ1v) is 9.85. The van der Waals surface area contributed by atoms with Gasteiger partial charge in [0, 0.05) is 61.6 Å². The second-order valence-corrected chi connectivity index (χ2v) is 6.52. The Morgan fingerprint density at radius 3 is 2.38 bits per heavy atom. The quantitative estimate of drug-likeness (QED) is 0.362. The van der Waals surface area contributed by atoms with E-state index < -0.39 is 0 Å². The summed E-state index contributed by atoms with van der Waals surface area (Å²) in [7, 11) is 3.53. The molecular formula is C19H23BFN3O2S2Y-. The molecule has 2 aromatic carbocycles. The number of nitrogens with two attached hydrogens (primary N) is 1. The molecule has 0 fully saturated rings. The smallest absolute Gasteiger partial charge is 0.258 e. The van der Waals surface area contributed by atoms with Crippen LogP contribution in [0.2, 0.25) is 6.32 Å². The molecular weight excluding hydrogens is 485 g/mol. The molecule has 3 rings (SSSR count). The molecule has 0 saturated carbocycles. The van der Waals surface area contributed by atoms with Crippen LogP contribution in [0.3, 0.4) is 0 Å². The summed E-state index contributed by atoms with van der Waals surface area (Å²) in [5, 5.41) is 3.07. The average Bonchev–Trinajstić information content (AvgIpc) is 3.05. The zero-order valence-corrected chi connectivity index (χ0v) is 20.9. The van der Waals surface area contributed by atoms with Crippen LogP contribution in [0.5, 0.6) is 0 Å². The average molecular weight is 508 g/mol. The molecule has 0 unspecified atom stereocenters.